The van der Waals surface area contributed by atoms with Gasteiger partial charge < -0.3 is 20.5 Å². The topological polar surface area (TPSA) is 93.2 Å². The summed E-state index contributed by atoms with van der Waals surface area (Å²) < 4.78 is 1.57. The van der Waals surface area contributed by atoms with Crippen LogP contribution < -0.4 is 5.32 Å². The minimum absolute atomic E-state index is 0.134. The number of imidazole rings is 1. The minimum Gasteiger partial charge on any atom is -0.396 e. The van der Waals surface area contributed by atoms with Crippen molar-refractivity contribution < 1.29 is 10.0 Å². The van der Waals surface area contributed by atoms with Gasteiger partial charge in [-0.3, -0.25) is 4.57 Å². The fourth-order valence-corrected chi connectivity index (χ4v) is 1.20. The molecule has 0 saturated heterocycles. The molecule has 1 heterocycles. The van der Waals surface area contributed by atoms with Gasteiger partial charge in [-0.05, 0) is 22.7 Å². The molecule has 0 saturated carbocycles. The van der Waals surface area contributed by atoms with Crippen molar-refractivity contribution in [1.29, 1.82) is 0 Å². The number of anilines is 1. The van der Waals surface area contributed by atoms with E-state index in [1.807, 2.05) is 0 Å². The molecule has 1 rings (SSSR count). The Hall–Kier alpha value is -1.63. The van der Waals surface area contributed by atoms with E-state index in [9.17, 15) is 10.1 Å². The van der Waals surface area contributed by atoms with Crippen molar-refractivity contribution in [2.24, 2.45) is 7.05 Å². The molecule has 2 N–H and O–H groups in total. The van der Waals surface area contributed by atoms with E-state index in [1.54, 1.807) is 11.6 Å². The first-order chi connectivity index (χ1) is 7.16. The number of aromatic nitrogens is 2. The second kappa shape index (κ2) is 5.30. The Labute approximate surface area is 86.9 Å². The van der Waals surface area contributed by atoms with Crippen LogP contribution in [-0.4, -0.2) is 32.7 Å². The monoisotopic (exact) mass is 214 g/mol. The zero-order valence-electron chi connectivity index (χ0n) is 8.51. The second-order valence-corrected chi connectivity index (χ2v) is 3.14. The molecular weight excluding hydrogens is 200 g/mol. The van der Waals surface area contributed by atoms with Crippen LogP contribution in [0.2, 0.25) is 0 Å². The van der Waals surface area contributed by atoms with Crippen LogP contribution >= 0.6 is 0 Å². The SMILES string of the molecule is Cn1cnc([N+](=O)[O-])c1NCCCCO. The summed E-state index contributed by atoms with van der Waals surface area (Å²) in [4.78, 5) is 13.7. The van der Waals surface area contributed by atoms with Gasteiger partial charge in [0.15, 0.2) is 0 Å². The summed E-state index contributed by atoms with van der Waals surface area (Å²) >= 11 is 0. The Morgan fingerprint density at radius 2 is 2.40 bits per heavy atom. The third-order valence-corrected chi connectivity index (χ3v) is 1.97. The normalized spacial score (nSPS) is 10.3. The van der Waals surface area contributed by atoms with Crippen LogP contribution in [0.15, 0.2) is 6.33 Å². The standard InChI is InChI=1S/C8H14N4O3/c1-11-6-10-8(12(14)15)7(11)9-4-2-3-5-13/h6,9,13H,2-5H2,1H3. The lowest BCUT2D eigenvalue weighted by Gasteiger charge is -2.04. The zero-order valence-corrected chi connectivity index (χ0v) is 8.51. The lowest BCUT2D eigenvalue weighted by molar-refractivity contribution is -0.388. The molecule has 84 valence electrons. The lowest BCUT2D eigenvalue weighted by atomic mass is 10.3. The molecule has 0 fully saturated rings. The number of hydrogen-bond acceptors (Lipinski definition) is 5. The Bertz CT molecular complexity index is 337. The highest BCUT2D eigenvalue weighted by Gasteiger charge is 2.18. The number of nitrogens with zero attached hydrogens (tertiary/aromatic N) is 3. The number of aliphatic hydroxyl groups excluding tert-OH is 1. The van der Waals surface area contributed by atoms with Gasteiger partial charge in [0.1, 0.15) is 0 Å². The van der Waals surface area contributed by atoms with Crippen molar-refractivity contribution in [3.05, 3.63) is 16.4 Å². The van der Waals surface area contributed by atoms with E-state index in [0.29, 0.717) is 18.8 Å². The molecule has 0 bridgehead atoms. The van der Waals surface area contributed by atoms with Gasteiger partial charge >= 0.3 is 5.82 Å². The molecule has 0 radical (unpaired) electrons. The molecule has 0 atom stereocenters. The van der Waals surface area contributed by atoms with Crippen molar-refractivity contribution in [1.82, 2.24) is 9.55 Å². The molecule has 0 aliphatic heterocycles. The average Bonchev–Trinajstić information content (AvgIpc) is 2.55. The Balaban J connectivity index is 2.58. The number of aliphatic hydroxyl groups is 1. The molecule has 7 nitrogen and oxygen atoms in total. The van der Waals surface area contributed by atoms with Gasteiger partial charge in [0.05, 0.1) is 0 Å². The Kier molecular flexibility index (Phi) is 4.04. The number of aryl methyl sites for hydroxylation is 1. The van der Waals surface area contributed by atoms with Crippen LogP contribution in [0.4, 0.5) is 11.6 Å². The molecule has 1 aromatic rings. The highest BCUT2D eigenvalue weighted by atomic mass is 16.6. The number of rotatable bonds is 6. The third kappa shape index (κ3) is 2.91. The Morgan fingerprint density at radius 3 is 3.00 bits per heavy atom. The molecule has 0 aliphatic rings. The fraction of sp³-hybridized carbons (Fsp3) is 0.625. The summed E-state index contributed by atoms with van der Waals surface area (Å²) in [5, 5.41) is 22.1. The molecular formula is C8H14N4O3. The van der Waals surface area contributed by atoms with Crippen LogP contribution in [0.1, 0.15) is 12.8 Å². The van der Waals surface area contributed by atoms with Crippen LogP contribution in [0.5, 0.6) is 0 Å². The summed E-state index contributed by atoms with van der Waals surface area (Å²) in [7, 11) is 1.69. The van der Waals surface area contributed by atoms with Crippen molar-refractivity contribution in [2.45, 2.75) is 12.8 Å². The van der Waals surface area contributed by atoms with E-state index in [0.717, 1.165) is 6.42 Å². The summed E-state index contributed by atoms with van der Waals surface area (Å²) in [6, 6.07) is 0. The minimum atomic E-state index is -0.519. The van der Waals surface area contributed by atoms with Crippen molar-refractivity contribution in [3.8, 4) is 0 Å². The maximum absolute atomic E-state index is 10.6. The van der Waals surface area contributed by atoms with Crippen LogP contribution in [0, 0.1) is 10.1 Å². The van der Waals surface area contributed by atoms with E-state index < -0.39 is 4.92 Å². The van der Waals surface area contributed by atoms with Gasteiger partial charge in [-0.15, -0.1) is 0 Å². The highest BCUT2D eigenvalue weighted by molar-refractivity contribution is 5.51. The van der Waals surface area contributed by atoms with Crippen LogP contribution in [0.25, 0.3) is 0 Å². The maximum atomic E-state index is 10.6. The first kappa shape index (κ1) is 11.4. The second-order valence-electron chi connectivity index (χ2n) is 3.14. The molecule has 0 unspecified atom stereocenters. The molecule has 7 heteroatoms. The molecule has 0 spiro atoms. The fourth-order valence-electron chi connectivity index (χ4n) is 1.20. The molecule has 0 aromatic carbocycles. The van der Waals surface area contributed by atoms with E-state index in [-0.39, 0.29) is 12.4 Å². The summed E-state index contributed by atoms with van der Waals surface area (Å²) in [6.45, 7) is 0.718. The largest absolute Gasteiger partial charge is 0.406 e. The van der Waals surface area contributed by atoms with E-state index >= 15 is 0 Å². The van der Waals surface area contributed by atoms with E-state index in [2.05, 4.69) is 10.3 Å². The van der Waals surface area contributed by atoms with E-state index in [1.165, 1.54) is 6.33 Å². The Morgan fingerprint density at radius 1 is 1.67 bits per heavy atom. The van der Waals surface area contributed by atoms with Crippen molar-refractivity contribution in [2.75, 3.05) is 18.5 Å². The zero-order chi connectivity index (χ0) is 11.3. The van der Waals surface area contributed by atoms with Crippen LogP contribution in [-0.2, 0) is 7.05 Å². The summed E-state index contributed by atoms with van der Waals surface area (Å²) in [5.74, 6) is 0.236. The maximum Gasteiger partial charge on any atom is 0.406 e. The highest BCUT2D eigenvalue weighted by Crippen LogP contribution is 2.20. The van der Waals surface area contributed by atoms with Gasteiger partial charge in [0.25, 0.3) is 0 Å². The molecule has 1 aromatic heterocycles. The van der Waals surface area contributed by atoms with Crippen LogP contribution in [0.3, 0.4) is 0 Å². The van der Waals surface area contributed by atoms with Gasteiger partial charge in [0, 0.05) is 20.2 Å². The molecule has 0 amide bonds. The number of nitrogens with one attached hydrogen (secondary N) is 1. The van der Waals surface area contributed by atoms with Crippen molar-refractivity contribution in [3.63, 3.8) is 0 Å². The number of unbranched alkanes of at least 4 members (excludes halogenated alkanes) is 1. The summed E-state index contributed by atoms with van der Waals surface area (Å²) in [5.41, 5.74) is 0. The smallest absolute Gasteiger partial charge is 0.396 e. The lowest BCUT2D eigenvalue weighted by Crippen LogP contribution is -2.07. The van der Waals surface area contributed by atoms with Gasteiger partial charge in [-0.2, -0.15) is 0 Å². The summed E-state index contributed by atoms with van der Waals surface area (Å²) in [6.07, 6.45) is 2.84. The third-order valence-electron chi connectivity index (χ3n) is 1.97. The molecule has 0 aliphatic carbocycles. The molecule has 15 heavy (non-hydrogen) atoms. The van der Waals surface area contributed by atoms with Gasteiger partial charge in [-0.1, -0.05) is 0 Å². The van der Waals surface area contributed by atoms with Gasteiger partial charge in [-0.25, -0.2) is 0 Å². The number of hydrogen-bond donors (Lipinski definition) is 2. The first-order valence-electron chi connectivity index (χ1n) is 4.67. The number of nitro groups is 1. The predicted molar refractivity (Wildman–Crippen MR) is 54.7 cm³/mol. The first-order valence-corrected chi connectivity index (χ1v) is 4.67. The van der Waals surface area contributed by atoms with Gasteiger partial charge in [0.2, 0.25) is 12.1 Å². The van der Waals surface area contributed by atoms with Crippen molar-refractivity contribution >= 4 is 11.6 Å². The average molecular weight is 214 g/mol. The van der Waals surface area contributed by atoms with E-state index in [4.69, 9.17) is 5.11 Å². The predicted octanol–water partition coefficient (Wildman–Crippen LogP) is 0.513. The quantitative estimate of drug-likeness (QED) is 0.409.